The second-order valence-electron chi connectivity index (χ2n) is 4.89. The van der Waals surface area contributed by atoms with Crippen LogP contribution < -0.4 is 5.32 Å². The van der Waals surface area contributed by atoms with E-state index in [4.69, 9.17) is 0 Å². The molecule has 3 N–H and O–H groups in total. The molecule has 0 saturated carbocycles. The number of aromatic amines is 1. The Kier molecular flexibility index (Phi) is 2.35. The molecule has 5 nitrogen and oxygen atoms in total. The molecule has 1 amide bonds. The van der Waals surface area contributed by atoms with Crippen LogP contribution in [0.4, 0.5) is 5.69 Å². The number of nitrogens with zero attached hydrogens (tertiary/aromatic N) is 1. The fourth-order valence-electron chi connectivity index (χ4n) is 2.57. The lowest BCUT2D eigenvalue weighted by Gasteiger charge is -1.99. The summed E-state index contributed by atoms with van der Waals surface area (Å²) in [6, 6.07) is 8.64. The summed E-state index contributed by atoms with van der Waals surface area (Å²) >= 11 is 0. The van der Waals surface area contributed by atoms with E-state index in [1.807, 2.05) is 18.3 Å². The van der Waals surface area contributed by atoms with E-state index in [0.717, 1.165) is 16.6 Å². The third-order valence-corrected chi connectivity index (χ3v) is 3.57. The summed E-state index contributed by atoms with van der Waals surface area (Å²) in [6.07, 6.45) is 5.34. The molecule has 0 bridgehead atoms. The minimum atomic E-state index is -0.172. The molecule has 3 aromatic rings. The van der Waals surface area contributed by atoms with Gasteiger partial charge in [-0.3, -0.25) is 4.79 Å². The molecule has 0 spiro atoms. The van der Waals surface area contributed by atoms with E-state index in [1.54, 1.807) is 30.5 Å². The molecule has 1 aromatic carbocycles. The predicted octanol–water partition coefficient (Wildman–Crippen LogP) is 2.76. The number of rotatable bonds is 1. The lowest BCUT2D eigenvalue weighted by Crippen LogP contribution is -2.03. The number of phenols is 1. The Labute approximate surface area is 120 Å². The summed E-state index contributed by atoms with van der Waals surface area (Å²) < 4.78 is 0. The SMILES string of the molecule is O=C1Nc2ccc(O)cc2/C1=C\c1c[nH]c2ncccc12. The number of carbonyl (C=O) groups is 1. The maximum Gasteiger partial charge on any atom is 0.256 e. The van der Waals surface area contributed by atoms with Gasteiger partial charge in [0.2, 0.25) is 0 Å². The first kappa shape index (κ1) is 11.7. The molecule has 3 heterocycles. The normalized spacial score (nSPS) is 15.4. The van der Waals surface area contributed by atoms with Crippen LogP contribution in [0.15, 0.2) is 42.7 Å². The average molecular weight is 277 g/mol. The smallest absolute Gasteiger partial charge is 0.256 e. The van der Waals surface area contributed by atoms with Crippen molar-refractivity contribution in [2.75, 3.05) is 5.32 Å². The number of benzene rings is 1. The van der Waals surface area contributed by atoms with Crippen molar-refractivity contribution >= 4 is 34.3 Å². The fraction of sp³-hybridized carbons (Fsp3) is 0. The van der Waals surface area contributed by atoms with Gasteiger partial charge in [-0.1, -0.05) is 0 Å². The van der Waals surface area contributed by atoms with Gasteiger partial charge in [0.1, 0.15) is 11.4 Å². The number of phenolic OH excluding ortho intramolecular Hbond substituents is 1. The molecule has 4 rings (SSSR count). The second-order valence-corrected chi connectivity index (χ2v) is 4.89. The Bertz CT molecular complexity index is 909. The number of anilines is 1. The standard InChI is InChI=1S/C16H11N3O2/c20-10-3-4-14-12(7-10)13(16(21)19-14)6-9-8-18-15-11(9)2-1-5-17-15/h1-8,20H,(H,17,18)(H,19,21)/b13-6+. The molecule has 0 unspecified atom stereocenters. The average Bonchev–Trinajstić information content (AvgIpc) is 3.02. The lowest BCUT2D eigenvalue weighted by atomic mass is 10.0. The van der Waals surface area contributed by atoms with E-state index >= 15 is 0 Å². The van der Waals surface area contributed by atoms with Gasteiger partial charge in [-0.2, -0.15) is 0 Å². The quantitative estimate of drug-likeness (QED) is 0.473. The predicted molar refractivity (Wildman–Crippen MR) is 80.7 cm³/mol. The summed E-state index contributed by atoms with van der Waals surface area (Å²) in [5.41, 5.74) is 3.62. The van der Waals surface area contributed by atoms with Gasteiger partial charge in [-0.05, 0) is 36.4 Å². The zero-order chi connectivity index (χ0) is 14.4. The summed E-state index contributed by atoms with van der Waals surface area (Å²) in [5, 5.41) is 13.4. The Morgan fingerprint density at radius 3 is 3.05 bits per heavy atom. The van der Waals surface area contributed by atoms with Crippen LogP contribution in [0.2, 0.25) is 0 Å². The molecular weight excluding hydrogens is 266 g/mol. The number of nitrogens with one attached hydrogen (secondary N) is 2. The molecule has 0 aliphatic carbocycles. The monoisotopic (exact) mass is 277 g/mol. The van der Waals surface area contributed by atoms with Crippen molar-refractivity contribution in [3.05, 3.63) is 53.9 Å². The highest BCUT2D eigenvalue weighted by Crippen LogP contribution is 2.36. The molecule has 1 aliphatic rings. The van der Waals surface area contributed by atoms with E-state index in [9.17, 15) is 9.90 Å². The molecular formula is C16H11N3O2. The molecule has 0 saturated heterocycles. The molecule has 0 atom stereocenters. The third kappa shape index (κ3) is 1.79. The lowest BCUT2D eigenvalue weighted by molar-refractivity contribution is -0.110. The zero-order valence-corrected chi connectivity index (χ0v) is 10.9. The van der Waals surface area contributed by atoms with Crippen LogP contribution in [0, 0.1) is 0 Å². The third-order valence-electron chi connectivity index (χ3n) is 3.57. The summed E-state index contributed by atoms with van der Waals surface area (Å²) in [5.74, 6) is -0.0365. The van der Waals surface area contributed by atoms with Gasteiger partial charge < -0.3 is 15.4 Å². The summed E-state index contributed by atoms with van der Waals surface area (Å²) in [7, 11) is 0. The van der Waals surface area contributed by atoms with E-state index in [2.05, 4.69) is 15.3 Å². The van der Waals surface area contributed by atoms with Gasteiger partial charge >= 0.3 is 0 Å². The van der Waals surface area contributed by atoms with Crippen molar-refractivity contribution in [3.8, 4) is 5.75 Å². The number of hydrogen-bond donors (Lipinski definition) is 3. The highest BCUT2D eigenvalue weighted by Gasteiger charge is 2.24. The van der Waals surface area contributed by atoms with Crippen molar-refractivity contribution in [1.82, 2.24) is 9.97 Å². The van der Waals surface area contributed by atoms with E-state index in [1.165, 1.54) is 0 Å². The van der Waals surface area contributed by atoms with Crippen LogP contribution in [0.1, 0.15) is 11.1 Å². The van der Waals surface area contributed by atoms with Gasteiger partial charge in [0.25, 0.3) is 5.91 Å². The minimum Gasteiger partial charge on any atom is -0.508 e. The molecule has 2 aromatic heterocycles. The topological polar surface area (TPSA) is 78.0 Å². The van der Waals surface area contributed by atoms with Crippen LogP contribution in [-0.2, 0) is 4.79 Å². The van der Waals surface area contributed by atoms with Gasteiger partial charge in [0, 0.05) is 40.2 Å². The zero-order valence-electron chi connectivity index (χ0n) is 10.9. The van der Waals surface area contributed by atoms with E-state index in [-0.39, 0.29) is 11.7 Å². The minimum absolute atomic E-state index is 0.136. The highest BCUT2D eigenvalue weighted by atomic mass is 16.3. The number of aromatic nitrogens is 2. The summed E-state index contributed by atoms with van der Waals surface area (Å²) in [6.45, 7) is 0. The maximum absolute atomic E-state index is 12.1. The van der Waals surface area contributed by atoms with Gasteiger partial charge in [0.05, 0.1) is 0 Å². The fourth-order valence-corrected chi connectivity index (χ4v) is 2.57. The Morgan fingerprint density at radius 1 is 1.24 bits per heavy atom. The maximum atomic E-state index is 12.1. The first-order valence-electron chi connectivity index (χ1n) is 6.51. The van der Waals surface area contributed by atoms with Crippen LogP contribution in [0.25, 0.3) is 22.7 Å². The van der Waals surface area contributed by atoms with Crippen molar-refractivity contribution in [3.63, 3.8) is 0 Å². The first-order valence-corrected chi connectivity index (χ1v) is 6.51. The largest absolute Gasteiger partial charge is 0.508 e. The van der Waals surface area contributed by atoms with E-state index < -0.39 is 0 Å². The molecule has 0 radical (unpaired) electrons. The number of H-pyrrole nitrogens is 1. The number of hydrogen-bond acceptors (Lipinski definition) is 3. The Hall–Kier alpha value is -3.08. The number of amides is 1. The van der Waals surface area contributed by atoms with Crippen molar-refractivity contribution in [2.24, 2.45) is 0 Å². The number of fused-ring (bicyclic) bond motifs is 2. The molecule has 1 aliphatic heterocycles. The van der Waals surface area contributed by atoms with Crippen LogP contribution in [-0.4, -0.2) is 21.0 Å². The molecule has 5 heteroatoms. The van der Waals surface area contributed by atoms with Crippen molar-refractivity contribution in [1.29, 1.82) is 0 Å². The number of pyridine rings is 1. The van der Waals surface area contributed by atoms with Crippen LogP contribution in [0.5, 0.6) is 5.75 Å². The Balaban J connectivity index is 1.90. The van der Waals surface area contributed by atoms with Crippen LogP contribution in [0.3, 0.4) is 0 Å². The van der Waals surface area contributed by atoms with Crippen LogP contribution >= 0.6 is 0 Å². The summed E-state index contributed by atoms with van der Waals surface area (Å²) in [4.78, 5) is 19.4. The highest BCUT2D eigenvalue weighted by molar-refractivity contribution is 6.35. The number of aromatic hydroxyl groups is 1. The number of carbonyl (C=O) groups excluding carboxylic acids is 1. The van der Waals surface area contributed by atoms with Gasteiger partial charge in [-0.25, -0.2) is 4.98 Å². The molecule has 21 heavy (non-hydrogen) atoms. The second kappa shape index (κ2) is 4.21. The molecule has 102 valence electrons. The van der Waals surface area contributed by atoms with Gasteiger partial charge in [-0.15, -0.1) is 0 Å². The molecule has 0 fully saturated rings. The van der Waals surface area contributed by atoms with E-state index in [0.29, 0.717) is 16.8 Å². The van der Waals surface area contributed by atoms with Gasteiger partial charge in [0.15, 0.2) is 0 Å². The van der Waals surface area contributed by atoms with Crippen molar-refractivity contribution in [2.45, 2.75) is 0 Å². The van der Waals surface area contributed by atoms with Crippen molar-refractivity contribution < 1.29 is 9.90 Å². The first-order chi connectivity index (χ1) is 10.2. The Morgan fingerprint density at radius 2 is 2.14 bits per heavy atom.